The lowest BCUT2D eigenvalue weighted by molar-refractivity contribution is 0.190. The maximum absolute atomic E-state index is 5.94. The van der Waals surface area contributed by atoms with Crippen LogP contribution >= 0.6 is 0 Å². The van der Waals surface area contributed by atoms with Gasteiger partial charge in [-0.15, -0.1) is 0 Å². The molecule has 0 bridgehead atoms. The van der Waals surface area contributed by atoms with E-state index in [1.165, 1.54) is 5.56 Å². The molecular formula is C15H24O2. The quantitative estimate of drug-likeness (QED) is 0.731. The van der Waals surface area contributed by atoms with Crippen molar-refractivity contribution >= 4 is 0 Å². The molecule has 0 radical (unpaired) electrons. The van der Waals surface area contributed by atoms with E-state index in [0.29, 0.717) is 6.10 Å². The minimum absolute atomic E-state index is 0.192. The fraction of sp³-hybridized carbons (Fsp3) is 0.600. The van der Waals surface area contributed by atoms with Gasteiger partial charge in [0, 0.05) is 6.07 Å². The molecule has 0 fully saturated rings. The van der Waals surface area contributed by atoms with E-state index in [9.17, 15) is 0 Å². The second kappa shape index (κ2) is 6.53. The number of hydrogen-bond acceptors (Lipinski definition) is 2. The Morgan fingerprint density at radius 2 is 1.47 bits per heavy atom. The number of hydrogen-bond donors (Lipinski definition) is 0. The van der Waals surface area contributed by atoms with Gasteiger partial charge in [0.05, 0.1) is 12.2 Å². The monoisotopic (exact) mass is 236 g/mol. The van der Waals surface area contributed by atoms with Crippen LogP contribution in [0.1, 0.15) is 46.1 Å². The third kappa shape index (κ3) is 4.68. The topological polar surface area (TPSA) is 18.5 Å². The largest absolute Gasteiger partial charge is 0.491 e. The van der Waals surface area contributed by atoms with E-state index in [2.05, 4.69) is 26.8 Å². The average Bonchev–Trinajstić information content (AvgIpc) is 2.24. The lowest BCUT2D eigenvalue weighted by Crippen LogP contribution is -2.14. The van der Waals surface area contributed by atoms with Crippen LogP contribution in [0.2, 0.25) is 0 Å². The Balaban J connectivity index is 2.81. The van der Waals surface area contributed by atoms with Crippen LogP contribution in [0.5, 0.6) is 11.5 Å². The van der Waals surface area contributed by atoms with Gasteiger partial charge in [0.25, 0.3) is 0 Å². The summed E-state index contributed by atoms with van der Waals surface area (Å²) in [7, 11) is 0. The van der Waals surface area contributed by atoms with Crippen LogP contribution in [0.15, 0.2) is 18.2 Å². The molecule has 0 spiro atoms. The lowest BCUT2D eigenvalue weighted by Gasteiger charge is -2.18. The Morgan fingerprint density at radius 1 is 0.941 bits per heavy atom. The van der Waals surface area contributed by atoms with Gasteiger partial charge in [0.2, 0.25) is 0 Å². The van der Waals surface area contributed by atoms with E-state index in [4.69, 9.17) is 9.47 Å². The molecule has 0 N–H and O–H groups in total. The van der Waals surface area contributed by atoms with E-state index >= 15 is 0 Å². The Bertz CT molecular complexity index is 341. The number of aryl methyl sites for hydroxylation is 1. The smallest absolute Gasteiger partial charge is 0.123 e. The van der Waals surface area contributed by atoms with Crippen LogP contribution in [-0.2, 0) is 0 Å². The lowest BCUT2D eigenvalue weighted by atomic mass is 10.2. The molecule has 0 saturated heterocycles. The van der Waals surface area contributed by atoms with E-state index in [1.807, 2.05) is 26.0 Å². The van der Waals surface area contributed by atoms with Crippen LogP contribution in [0.3, 0.4) is 0 Å². The summed E-state index contributed by atoms with van der Waals surface area (Å²) in [6.07, 6.45) is 2.55. The van der Waals surface area contributed by atoms with Crippen LogP contribution in [0, 0.1) is 6.92 Å². The van der Waals surface area contributed by atoms with Crippen molar-refractivity contribution in [3.63, 3.8) is 0 Å². The second-order valence-electron chi connectivity index (χ2n) is 4.70. The first kappa shape index (κ1) is 13.9. The fourth-order valence-corrected chi connectivity index (χ4v) is 1.77. The fourth-order valence-electron chi connectivity index (χ4n) is 1.77. The molecule has 0 aliphatic rings. The van der Waals surface area contributed by atoms with Gasteiger partial charge in [0.15, 0.2) is 0 Å². The highest BCUT2D eigenvalue weighted by atomic mass is 16.5. The summed E-state index contributed by atoms with van der Waals surface area (Å²) in [5, 5.41) is 0. The molecule has 0 saturated carbocycles. The molecule has 0 aliphatic heterocycles. The molecule has 1 rings (SSSR count). The van der Waals surface area contributed by atoms with Crippen molar-refractivity contribution in [2.75, 3.05) is 0 Å². The van der Waals surface area contributed by atoms with Crippen molar-refractivity contribution in [3.05, 3.63) is 23.8 Å². The molecule has 2 heteroatoms. The average molecular weight is 236 g/mol. The van der Waals surface area contributed by atoms with Gasteiger partial charge >= 0.3 is 0 Å². The van der Waals surface area contributed by atoms with Crippen LogP contribution in [-0.4, -0.2) is 12.2 Å². The predicted octanol–water partition coefficient (Wildman–Crippen LogP) is 4.35. The third-order valence-electron chi connectivity index (χ3n) is 2.61. The van der Waals surface area contributed by atoms with Gasteiger partial charge in [-0.3, -0.25) is 0 Å². The molecule has 2 nitrogen and oxygen atoms in total. The molecule has 1 aromatic rings. The molecule has 0 unspecified atom stereocenters. The molecule has 0 heterocycles. The van der Waals surface area contributed by atoms with Crippen molar-refractivity contribution in [2.24, 2.45) is 0 Å². The van der Waals surface area contributed by atoms with Crippen molar-refractivity contribution < 1.29 is 9.47 Å². The van der Waals surface area contributed by atoms with E-state index in [-0.39, 0.29) is 6.10 Å². The summed E-state index contributed by atoms with van der Waals surface area (Å²) in [5.41, 5.74) is 1.17. The summed E-state index contributed by atoms with van der Waals surface area (Å²) in [4.78, 5) is 0. The standard InChI is InChI=1S/C15H24O2/c1-6-13(7-2)17-15-9-12(5)8-14(10-15)16-11(3)4/h8-11,13H,6-7H2,1-5H3. The first-order chi connectivity index (χ1) is 8.05. The first-order valence-corrected chi connectivity index (χ1v) is 6.50. The second-order valence-corrected chi connectivity index (χ2v) is 4.70. The number of benzene rings is 1. The first-order valence-electron chi connectivity index (χ1n) is 6.50. The van der Waals surface area contributed by atoms with Crippen molar-refractivity contribution in [1.29, 1.82) is 0 Å². The van der Waals surface area contributed by atoms with Crippen molar-refractivity contribution in [1.82, 2.24) is 0 Å². The van der Waals surface area contributed by atoms with Gasteiger partial charge in [-0.1, -0.05) is 13.8 Å². The number of ether oxygens (including phenoxy) is 2. The highest BCUT2D eigenvalue weighted by Gasteiger charge is 2.07. The van der Waals surface area contributed by atoms with E-state index in [1.54, 1.807) is 0 Å². The van der Waals surface area contributed by atoms with Crippen molar-refractivity contribution in [2.45, 2.75) is 59.7 Å². The highest BCUT2D eigenvalue weighted by Crippen LogP contribution is 2.25. The zero-order valence-electron chi connectivity index (χ0n) is 11.6. The molecule has 96 valence electrons. The Kier molecular flexibility index (Phi) is 5.33. The Labute approximate surface area is 105 Å². The molecule has 0 atom stereocenters. The van der Waals surface area contributed by atoms with Gasteiger partial charge in [-0.25, -0.2) is 0 Å². The summed E-state index contributed by atoms with van der Waals surface area (Å²) >= 11 is 0. The zero-order chi connectivity index (χ0) is 12.8. The van der Waals surface area contributed by atoms with Crippen LogP contribution < -0.4 is 9.47 Å². The minimum Gasteiger partial charge on any atom is -0.491 e. The SMILES string of the molecule is CCC(CC)Oc1cc(C)cc(OC(C)C)c1. The number of rotatable bonds is 6. The normalized spacial score (nSPS) is 11.0. The summed E-state index contributed by atoms with van der Waals surface area (Å²) < 4.78 is 11.6. The van der Waals surface area contributed by atoms with Gasteiger partial charge in [-0.05, 0) is 51.3 Å². The van der Waals surface area contributed by atoms with Gasteiger partial charge in [0.1, 0.15) is 11.5 Å². The Morgan fingerprint density at radius 3 is 1.94 bits per heavy atom. The summed E-state index contributed by atoms with van der Waals surface area (Å²) in [6, 6.07) is 6.08. The van der Waals surface area contributed by atoms with E-state index < -0.39 is 0 Å². The van der Waals surface area contributed by atoms with E-state index in [0.717, 1.165) is 24.3 Å². The molecule has 0 aromatic heterocycles. The third-order valence-corrected chi connectivity index (χ3v) is 2.61. The Hall–Kier alpha value is -1.18. The van der Waals surface area contributed by atoms with Crippen LogP contribution in [0.4, 0.5) is 0 Å². The molecular weight excluding hydrogens is 212 g/mol. The molecule has 0 amide bonds. The van der Waals surface area contributed by atoms with Gasteiger partial charge < -0.3 is 9.47 Å². The highest BCUT2D eigenvalue weighted by molar-refractivity contribution is 5.38. The zero-order valence-corrected chi connectivity index (χ0v) is 11.6. The molecule has 17 heavy (non-hydrogen) atoms. The summed E-state index contributed by atoms with van der Waals surface area (Å²) in [5.74, 6) is 1.80. The van der Waals surface area contributed by atoms with Crippen LogP contribution in [0.25, 0.3) is 0 Å². The maximum Gasteiger partial charge on any atom is 0.123 e. The maximum atomic E-state index is 5.94. The summed E-state index contributed by atoms with van der Waals surface area (Å²) in [6.45, 7) is 10.4. The molecule has 1 aromatic carbocycles. The van der Waals surface area contributed by atoms with Gasteiger partial charge in [-0.2, -0.15) is 0 Å². The predicted molar refractivity (Wildman–Crippen MR) is 71.9 cm³/mol. The van der Waals surface area contributed by atoms with Crippen molar-refractivity contribution in [3.8, 4) is 11.5 Å². The molecule has 0 aliphatic carbocycles. The minimum atomic E-state index is 0.192.